The fourth-order valence-electron chi connectivity index (χ4n) is 4.86. The summed E-state index contributed by atoms with van der Waals surface area (Å²) < 4.78 is 66.1. The highest BCUT2D eigenvalue weighted by Crippen LogP contribution is 2.25. The van der Waals surface area contributed by atoms with Crippen LogP contribution in [-0.4, -0.2) is 48.0 Å². The molecule has 0 radical (unpaired) electrons. The van der Waals surface area contributed by atoms with E-state index < -0.39 is 20.0 Å². The van der Waals surface area contributed by atoms with Crippen LogP contribution >= 0.6 is 0 Å². The standard InChI is InChI=1S/C32H30N4O6S2/c37-43(38,25-11-5-3-6-12-25)35-21-19-27-29(35)15-17-31(33-27)41-23-9-1-2-10-24-42-32-18-16-30-28(34-32)20-22-36(30)44(39,40)26-13-7-4-8-14-26/h3-8,11-22H,1-2,9-10,23-24H2. The zero-order chi connectivity index (χ0) is 30.6. The van der Waals surface area contributed by atoms with E-state index >= 15 is 0 Å². The minimum atomic E-state index is -3.71. The van der Waals surface area contributed by atoms with Crippen LogP contribution in [0.4, 0.5) is 0 Å². The average molecular weight is 631 g/mol. The number of hydrogen-bond acceptors (Lipinski definition) is 8. The lowest BCUT2D eigenvalue weighted by Crippen LogP contribution is -2.11. The molecule has 0 N–H and O–H groups in total. The monoisotopic (exact) mass is 630 g/mol. The number of hydrogen-bond donors (Lipinski definition) is 0. The number of pyridine rings is 2. The first-order valence-corrected chi connectivity index (χ1v) is 17.1. The molecule has 10 nitrogen and oxygen atoms in total. The van der Waals surface area contributed by atoms with E-state index in [1.54, 1.807) is 97.1 Å². The predicted octanol–water partition coefficient (Wildman–Crippen LogP) is 5.88. The van der Waals surface area contributed by atoms with Gasteiger partial charge in [-0.3, -0.25) is 0 Å². The zero-order valence-electron chi connectivity index (χ0n) is 23.7. The van der Waals surface area contributed by atoms with Gasteiger partial charge in [0.05, 0.1) is 45.1 Å². The third-order valence-corrected chi connectivity index (χ3v) is 10.5. The lowest BCUT2D eigenvalue weighted by Gasteiger charge is -2.09. The van der Waals surface area contributed by atoms with Gasteiger partial charge in [-0.05, 0) is 74.2 Å². The Labute approximate surface area is 255 Å². The maximum Gasteiger partial charge on any atom is 0.268 e. The largest absolute Gasteiger partial charge is 0.478 e. The van der Waals surface area contributed by atoms with Crippen LogP contribution in [0.5, 0.6) is 11.8 Å². The highest BCUT2D eigenvalue weighted by Gasteiger charge is 2.20. The van der Waals surface area contributed by atoms with Gasteiger partial charge < -0.3 is 9.47 Å². The number of benzene rings is 2. The van der Waals surface area contributed by atoms with Gasteiger partial charge in [-0.15, -0.1) is 0 Å². The Balaban J connectivity index is 0.946. The molecule has 44 heavy (non-hydrogen) atoms. The molecule has 0 bridgehead atoms. The van der Waals surface area contributed by atoms with Crippen molar-refractivity contribution in [2.75, 3.05) is 13.2 Å². The molecule has 12 heteroatoms. The number of aromatic nitrogens is 4. The molecule has 0 aliphatic rings. The molecular formula is C32H30N4O6S2. The summed E-state index contributed by atoms with van der Waals surface area (Å²) in [5.74, 6) is 0.894. The molecule has 0 spiro atoms. The second kappa shape index (κ2) is 12.5. The van der Waals surface area contributed by atoms with Gasteiger partial charge in [0.15, 0.2) is 0 Å². The fourth-order valence-corrected chi connectivity index (χ4v) is 7.58. The van der Waals surface area contributed by atoms with Crippen molar-refractivity contribution in [3.05, 3.63) is 109 Å². The maximum atomic E-state index is 13.0. The first-order chi connectivity index (χ1) is 21.3. The molecular weight excluding hydrogens is 601 g/mol. The molecule has 0 fully saturated rings. The number of nitrogens with zero attached hydrogens (tertiary/aromatic N) is 4. The van der Waals surface area contributed by atoms with Crippen molar-refractivity contribution in [2.45, 2.75) is 35.5 Å². The summed E-state index contributed by atoms with van der Waals surface area (Å²) >= 11 is 0. The lowest BCUT2D eigenvalue weighted by molar-refractivity contribution is 0.278. The molecule has 4 aromatic heterocycles. The summed E-state index contributed by atoms with van der Waals surface area (Å²) in [6.45, 7) is 0.979. The van der Waals surface area contributed by atoms with Crippen molar-refractivity contribution in [3.63, 3.8) is 0 Å². The molecule has 6 aromatic rings. The normalized spacial score (nSPS) is 12.1. The Morgan fingerprint density at radius 3 is 1.32 bits per heavy atom. The van der Waals surface area contributed by atoms with Crippen LogP contribution in [-0.2, 0) is 20.0 Å². The van der Waals surface area contributed by atoms with E-state index in [4.69, 9.17) is 9.47 Å². The summed E-state index contributed by atoms with van der Waals surface area (Å²) in [7, 11) is -7.42. The second-order valence-corrected chi connectivity index (χ2v) is 13.7. The Morgan fingerprint density at radius 1 is 0.500 bits per heavy atom. The number of fused-ring (bicyclic) bond motifs is 2. The van der Waals surface area contributed by atoms with Crippen molar-refractivity contribution in [1.82, 2.24) is 17.9 Å². The molecule has 0 amide bonds. The number of ether oxygens (including phenoxy) is 2. The molecule has 0 aliphatic carbocycles. The van der Waals surface area contributed by atoms with Crippen LogP contribution in [0, 0.1) is 0 Å². The summed E-state index contributed by atoms with van der Waals surface area (Å²) in [6, 6.07) is 26.7. The Hall–Kier alpha value is -4.68. The first kappa shape index (κ1) is 29.4. The van der Waals surface area contributed by atoms with Crippen molar-refractivity contribution in [1.29, 1.82) is 0 Å². The second-order valence-electron chi connectivity index (χ2n) is 10.1. The third-order valence-electron chi connectivity index (χ3n) is 7.10. The number of unbranched alkanes of at least 4 members (excludes halogenated alkanes) is 3. The average Bonchev–Trinajstić information content (AvgIpc) is 3.68. The van der Waals surface area contributed by atoms with E-state index in [9.17, 15) is 16.8 Å². The molecule has 0 atom stereocenters. The van der Waals surface area contributed by atoms with Crippen LogP contribution < -0.4 is 9.47 Å². The fraction of sp³-hybridized carbons (Fsp3) is 0.188. The van der Waals surface area contributed by atoms with E-state index in [0.29, 0.717) is 47.0 Å². The van der Waals surface area contributed by atoms with Gasteiger partial charge in [0, 0.05) is 24.5 Å². The van der Waals surface area contributed by atoms with Crippen molar-refractivity contribution < 1.29 is 26.3 Å². The van der Waals surface area contributed by atoms with Crippen LogP contribution in [0.15, 0.2) is 119 Å². The highest BCUT2D eigenvalue weighted by atomic mass is 32.2. The van der Waals surface area contributed by atoms with Gasteiger partial charge in [0.1, 0.15) is 0 Å². The van der Waals surface area contributed by atoms with Crippen LogP contribution in [0.25, 0.3) is 22.1 Å². The van der Waals surface area contributed by atoms with Gasteiger partial charge in [0.25, 0.3) is 20.0 Å². The Morgan fingerprint density at radius 2 is 0.909 bits per heavy atom. The zero-order valence-corrected chi connectivity index (χ0v) is 25.3. The summed E-state index contributed by atoms with van der Waals surface area (Å²) in [4.78, 5) is 9.36. The van der Waals surface area contributed by atoms with E-state index in [1.807, 2.05) is 0 Å². The highest BCUT2D eigenvalue weighted by molar-refractivity contribution is 7.90. The maximum absolute atomic E-state index is 13.0. The van der Waals surface area contributed by atoms with Crippen molar-refractivity contribution >= 4 is 42.1 Å². The van der Waals surface area contributed by atoms with Crippen LogP contribution in [0.3, 0.4) is 0 Å². The minimum absolute atomic E-state index is 0.215. The van der Waals surface area contributed by atoms with E-state index in [1.165, 1.54) is 20.3 Å². The van der Waals surface area contributed by atoms with Crippen molar-refractivity contribution in [3.8, 4) is 11.8 Å². The first-order valence-electron chi connectivity index (χ1n) is 14.2. The topological polar surface area (TPSA) is 122 Å². The SMILES string of the molecule is O=S(=O)(c1ccccc1)n1ccc2nc(OCCCCCCOc3ccc4c(ccn4S(=O)(=O)c4ccccc4)n3)ccc21. The number of rotatable bonds is 13. The third kappa shape index (κ3) is 6.03. The van der Waals surface area contributed by atoms with E-state index in [-0.39, 0.29) is 9.79 Å². The lowest BCUT2D eigenvalue weighted by atomic mass is 10.2. The van der Waals surface area contributed by atoms with Gasteiger partial charge in [0.2, 0.25) is 11.8 Å². The molecule has 4 heterocycles. The molecule has 0 aliphatic heterocycles. The minimum Gasteiger partial charge on any atom is -0.478 e. The molecule has 0 unspecified atom stereocenters. The molecule has 6 rings (SSSR count). The van der Waals surface area contributed by atoms with Crippen LogP contribution in [0.2, 0.25) is 0 Å². The Kier molecular flexibility index (Phi) is 8.36. The molecule has 0 saturated carbocycles. The van der Waals surface area contributed by atoms with Crippen molar-refractivity contribution in [2.24, 2.45) is 0 Å². The molecule has 226 valence electrons. The molecule has 0 saturated heterocycles. The Bertz CT molecular complexity index is 1960. The van der Waals surface area contributed by atoms with Gasteiger partial charge in [-0.1, -0.05) is 36.4 Å². The summed E-state index contributed by atoms with van der Waals surface area (Å²) in [5.41, 5.74) is 2.06. The van der Waals surface area contributed by atoms with Gasteiger partial charge >= 0.3 is 0 Å². The van der Waals surface area contributed by atoms with Crippen LogP contribution in [0.1, 0.15) is 25.7 Å². The summed E-state index contributed by atoms with van der Waals surface area (Å²) in [6.07, 6.45) is 6.54. The van der Waals surface area contributed by atoms with Gasteiger partial charge in [-0.25, -0.2) is 34.7 Å². The quantitative estimate of drug-likeness (QED) is 0.145. The van der Waals surface area contributed by atoms with Gasteiger partial charge in [-0.2, -0.15) is 0 Å². The predicted molar refractivity (Wildman–Crippen MR) is 167 cm³/mol. The smallest absolute Gasteiger partial charge is 0.268 e. The summed E-state index contributed by atoms with van der Waals surface area (Å²) in [5, 5.41) is 0. The van der Waals surface area contributed by atoms with E-state index in [0.717, 1.165) is 25.7 Å². The van der Waals surface area contributed by atoms with E-state index in [2.05, 4.69) is 9.97 Å². The molecule has 2 aromatic carbocycles.